The third kappa shape index (κ3) is 5.56. The number of nitro benzene ring substituents is 1. The summed E-state index contributed by atoms with van der Waals surface area (Å²) in [4.78, 5) is 21.0. The van der Waals surface area contributed by atoms with E-state index < -0.39 is 28.3 Å². The first kappa shape index (κ1) is 18.9. The fourth-order valence-corrected chi connectivity index (χ4v) is 1.93. The fraction of sp³-hybridized carbons (Fsp3) is 0.167. The highest BCUT2D eigenvalue weighted by Gasteiger charge is 2.17. The van der Waals surface area contributed by atoms with Gasteiger partial charge in [0.1, 0.15) is 12.4 Å². The van der Waals surface area contributed by atoms with Gasteiger partial charge < -0.3 is 10.1 Å². The van der Waals surface area contributed by atoms with Gasteiger partial charge in [0.25, 0.3) is 0 Å². The molecule has 0 unspecified atom stereocenters. The molecule has 2 aromatic carbocycles. The van der Waals surface area contributed by atoms with Crippen molar-refractivity contribution >= 4 is 11.8 Å². The van der Waals surface area contributed by atoms with Gasteiger partial charge in [0, 0.05) is 13.0 Å². The largest absolute Gasteiger partial charge is 0.445 e. The Balaban J connectivity index is 1.79. The van der Waals surface area contributed by atoms with E-state index in [1.165, 1.54) is 0 Å². The Morgan fingerprint density at radius 2 is 1.92 bits per heavy atom. The molecule has 0 heterocycles. The fourth-order valence-electron chi connectivity index (χ4n) is 1.93. The van der Waals surface area contributed by atoms with E-state index in [4.69, 9.17) is 4.74 Å². The molecule has 0 aliphatic carbocycles. The van der Waals surface area contributed by atoms with Crippen LogP contribution in [0.15, 0.2) is 42.5 Å². The second-order valence-electron chi connectivity index (χ2n) is 5.08. The van der Waals surface area contributed by atoms with Crippen molar-refractivity contribution in [3.63, 3.8) is 0 Å². The number of hydrogen-bond acceptors (Lipinski definition) is 4. The summed E-state index contributed by atoms with van der Waals surface area (Å²) in [6.45, 7) is 0.281. The van der Waals surface area contributed by atoms with Gasteiger partial charge in [-0.15, -0.1) is 0 Å². The number of carbonyl (C=O) groups excluding carboxylic acids is 1. The zero-order valence-corrected chi connectivity index (χ0v) is 13.5. The van der Waals surface area contributed by atoms with Crippen LogP contribution in [0.4, 0.5) is 19.3 Å². The van der Waals surface area contributed by atoms with Crippen LogP contribution < -0.4 is 5.32 Å². The van der Waals surface area contributed by atoms with Crippen LogP contribution in [0, 0.1) is 33.6 Å². The Morgan fingerprint density at radius 1 is 1.19 bits per heavy atom. The summed E-state index contributed by atoms with van der Waals surface area (Å²) in [7, 11) is 0. The molecule has 0 atom stereocenters. The number of halogens is 2. The van der Waals surface area contributed by atoms with Gasteiger partial charge in [-0.1, -0.05) is 42.2 Å². The highest BCUT2D eigenvalue weighted by molar-refractivity contribution is 5.67. The third-order valence-electron chi connectivity index (χ3n) is 3.19. The van der Waals surface area contributed by atoms with E-state index in [9.17, 15) is 23.7 Å². The molecule has 0 aromatic heterocycles. The van der Waals surface area contributed by atoms with E-state index in [1.807, 2.05) is 30.3 Å². The van der Waals surface area contributed by atoms with Crippen molar-refractivity contribution in [1.29, 1.82) is 0 Å². The van der Waals surface area contributed by atoms with Gasteiger partial charge >= 0.3 is 11.8 Å². The number of alkyl carbamates (subject to hydrolysis) is 1. The van der Waals surface area contributed by atoms with Crippen molar-refractivity contribution in [2.75, 3.05) is 6.54 Å². The minimum Gasteiger partial charge on any atom is -0.445 e. The second-order valence-corrected chi connectivity index (χ2v) is 5.08. The molecule has 0 aliphatic rings. The first-order valence-corrected chi connectivity index (χ1v) is 7.54. The SMILES string of the molecule is O=C(NCCC#Cc1cc(F)c([N+](=O)[O-])cc1F)OCc1ccccc1. The zero-order valence-electron chi connectivity index (χ0n) is 13.5. The predicted octanol–water partition coefficient (Wildman–Crippen LogP) is 3.54. The number of nitrogens with zero attached hydrogens (tertiary/aromatic N) is 1. The van der Waals surface area contributed by atoms with Crippen molar-refractivity contribution in [1.82, 2.24) is 5.32 Å². The molecule has 6 nitrogen and oxygen atoms in total. The Hall–Kier alpha value is -3.47. The summed E-state index contributed by atoms with van der Waals surface area (Å²) < 4.78 is 32.1. The lowest BCUT2D eigenvalue weighted by atomic mass is 10.2. The number of benzene rings is 2. The molecule has 0 bridgehead atoms. The Morgan fingerprint density at radius 3 is 2.62 bits per heavy atom. The molecule has 1 amide bonds. The maximum absolute atomic E-state index is 13.6. The minimum absolute atomic E-state index is 0.131. The highest BCUT2D eigenvalue weighted by Crippen LogP contribution is 2.20. The molecular weight excluding hydrogens is 346 g/mol. The average Bonchev–Trinajstić information content (AvgIpc) is 2.62. The van der Waals surface area contributed by atoms with Gasteiger partial charge in [0.2, 0.25) is 5.82 Å². The van der Waals surface area contributed by atoms with E-state index in [1.54, 1.807) is 0 Å². The van der Waals surface area contributed by atoms with E-state index in [2.05, 4.69) is 17.2 Å². The number of ether oxygens (including phenoxy) is 1. The van der Waals surface area contributed by atoms with Crippen LogP contribution in [0.2, 0.25) is 0 Å². The Labute approximate surface area is 147 Å². The lowest BCUT2D eigenvalue weighted by molar-refractivity contribution is -0.387. The van der Waals surface area contributed by atoms with Crippen LogP contribution in [-0.4, -0.2) is 17.6 Å². The topological polar surface area (TPSA) is 81.5 Å². The van der Waals surface area contributed by atoms with Crippen molar-refractivity contribution in [3.8, 4) is 11.8 Å². The maximum Gasteiger partial charge on any atom is 0.407 e. The number of amides is 1. The number of rotatable bonds is 5. The normalized spacial score (nSPS) is 9.77. The lowest BCUT2D eigenvalue weighted by Gasteiger charge is -2.05. The zero-order chi connectivity index (χ0) is 18.9. The van der Waals surface area contributed by atoms with Crippen molar-refractivity contribution < 1.29 is 23.2 Å². The number of nitrogens with one attached hydrogen (secondary N) is 1. The molecule has 0 radical (unpaired) electrons. The molecule has 8 heteroatoms. The summed E-state index contributed by atoms with van der Waals surface area (Å²) in [6.07, 6.45) is -0.457. The third-order valence-corrected chi connectivity index (χ3v) is 3.19. The standard InChI is InChI=1S/C18H14F2N2O4/c19-15-11-17(22(24)25)16(20)10-14(15)8-4-5-9-21-18(23)26-12-13-6-2-1-3-7-13/h1-3,6-7,10-11H,5,9,12H2,(H,21,23). The number of nitro groups is 1. The van der Waals surface area contributed by atoms with Crippen LogP contribution in [0.25, 0.3) is 0 Å². The maximum atomic E-state index is 13.6. The molecule has 0 saturated heterocycles. The van der Waals surface area contributed by atoms with Gasteiger partial charge in [0.15, 0.2) is 0 Å². The molecular formula is C18H14F2N2O4. The van der Waals surface area contributed by atoms with Crippen LogP contribution >= 0.6 is 0 Å². The van der Waals surface area contributed by atoms with Gasteiger partial charge in [-0.25, -0.2) is 9.18 Å². The van der Waals surface area contributed by atoms with Crippen molar-refractivity contribution in [2.45, 2.75) is 13.0 Å². The lowest BCUT2D eigenvalue weighted by Crippen LogP contribution is -2.24. The molecule has 2 aromatic rings. The van der Waals surface area contributed by atoms with Crippen LogP contribution in [0.5, 0.6) is 0 Å². The summed E-state index contributed by atoms with van der Waals surface area (Å²) in [6, 6.07) is 10.3. The van der Waals surface area contributed by atoms with Crippen LogP contribution in [-0.2, 0) is 11.3 Å². The second kappa shape index (κ2) is 9.13. The monoisotopic (exact) mass is 360 g/mol. The molecule has 0 aliphatic heterocycles. The highest BCUT2D eigenvalue weighted by atomic mass is 19.1. The summed E-state index contributed by atoms with van der Waals surface area (Å²) in [5, 5.41) is 13.0. The summed E-state index contributed by atoms with van der Waals surface area (Å²) in [5.74, 6) is 2.77. The van der Waals surface area contributed by atoms with E-state index in [0.717, 1.165) is 5.56 Å². The van der Waals surface area contributed by atoms with Gasteiger partial charge in [-0.3, -0.25) is 10.1 Å². The summed E-state index contributed by atoms with van der Waals surface area (Å²) >= 11 is 0. The molecule has 134 valence electrons. The number of carbonyl (C=O) groups is 1. The quantitative estimate of drug-likeness (QED) is 0.383. The first-order valence-electron chi connectivity index (χ1n) is 7.54. The van der Waals surface area contributed by atoms with Crippen molar-refractivity contribution in [3.05, 3.63) is 75.3 Å². The molecule has 2 rings (SSSR count). The van der Waals surface area contributed by atoms with Crippen molar-refractivity contribution in [2.24, 2.45) is 0 Å². The molecule has 0 spiro atoms. The molecule has 26 heavy (non-hydrogen) atoms. The van der Waals surface area contributed by atoms with E-state index >= 15 is 0 Å². The average molecular weight is 360 g/mol. The first-order chi connectivity index (χ1) is 12.5. The van der Waals surface area contributed by atoms with Gasteiger partial charge in [-0.05, 0) is 11.6 Å². The Bertz CT molecular complexity index is 861. The molecule has 1 N–H and O–H groups in total. The van der Waals surface area contributed by atoms with E-state index in [-0.39, 0.29) is 25.1 Å². The summed E-state index contributed by atoms with van der Waals surface area (Å²) in [5.41, 5.74) is -0.395. The molecule has 0 saturated carbocycles. The smallest absolute Gasteiger partial charge is 0.407 e. The van der Waals surface area contributed by atoms with Gasteiger partial charge in [-0.2, -0.15) is 4.39 Å². The molecule has 0 fully saturated rings. The van der Waals surface area contributed by atoms with Gasteiger partial charge in [0.05, 0.1) is 16.6 Å². The van der Waals surface area contributed by atoms with Crippen LogP contribution in [0.3, 0.4) is 0 Å². The predicted molar refractivity (Wildman–Crippen MR) is 89.1 cm³/mol. The minimum atomic E-state index is -1.16. The van der Waals surface area contributed by atoms with Crippen LogP contribution in [0.1, 0.15) is 17.5 Å². The number of hydrogen-bond donors (Lipinski definition) is 1. The Kier molecular flexibility index (Phi) is 6.62. The van der Waals surface area contributed by atoms with E-state index in [0.29, 0.717) is 12.1 Å².